The highest BCUT2D eigenvalue weighted by atomic mass is 32.1. The average molecular weight is 451 g/mol. The van der Waals surface area contributed by atoms with Gasteiger partial charge < -0.3 is 20.1 Å². The maximum atomic E-state index is 12.8. The van der Waals surface area contributed by atoms with E-state index in [0.717, 1.165) is 27.7 Å². The lowest BCUT2D eigenvalue weighted by Crippen LogP contribution is -2.34. The largest absolute Gasteiger partial charge is 0.456 e. The summed E-state index contributed by atoms with van der Waals surface area (Å²) in [6.45, 7) is 2.43. The Morgan fingerprint density at radius 2 is 2.09 bits per heavy atom. The first kappa shape index (κ1) is 20.5. The Balaban J connectivity index is 1.47. The zero-order valence-electron chi connectivity index (χ0n) is 17.7. The number of rotatable bonds is 3. The quantitative estimate of drug-likeness (QED) is 0.490. The fraction of sp³-hybridized carbons (Fsp3) is 0.261. The molecule has 4 aromatic rings. The van der Waals surface area contributed by atoms with Crippen molar-refractivity contribution in [2.75, 3.05) is 13.6 Å². The van der Waals surface area contributed by atoms with E-state index >= 15 is 0 Å². The van der Waals surface area contributed by atoms with E-state index in [-0.39, 0.29) is 11.9 Å². The van der Waals surface area contributed by atoms with Crippen LogP contribution in [0.2, 0.25) is 0 Å². The summed E-state index contributed by atoms with van der Waals surface area (Å²) < 4.78 is 8.55. The molecule has 1 aliphatic heterocycles. The monoisotopic (exact) mass is 450 g/mol. The smallest absolute Gasteiger partial charge is 0.325 e. The van der Waals surface area contributed by atoms with Gasteiger partial charge in [0.05, 0.1) is 20.6 Å². The van der Waals surface area contributed by atoms with Crippen LogP contribution in [-0.4, -0.2) is 51.3 Å². The Morgan fingerprint density at radius 3 is 2.84 bits per heavy atom. The number of likely N-dealkylation sites (tertiary alicyclic amines) is 1. The molecule has 1 atom stereocenters. The molecule has 0 spiro atoms. The molecule has 2 amide bonds. The minimum absolute atomic E-state index is 0.184. The van der Waals surface area contributed by atoms with Crippen LogP contribution in [0, 0.1) is 6.92 Å². The number of ether oxygens (including phenoxy) is 1. The molecule has 3 aromatic heterocycles. The van der Waals surface area contributed by atoms with E-state index in [2.05, 4.69) is 10.3 Å². The predicted molar refractivity (Wildman–Crippen MR) is 123 cm³/mol. The Hall–Kier alpha value is -3.43. The fourth-order valence-corrected chi connectivity index (χ4v) is 5.15. The van der Waals surface area contributed by atoms with Gasteiger partial charge in [-0.1, -0.05) is 0 Å². The molecule has 1 fully saturated rings. The number of carbonyl (C=O) groups excluding carboxylic acids is 2. The van der Waals surface area contributed by atoms with Crippen LogP contribution < -0.4 is 10.1 Å². The Labute approximate surface area is 188 Å². The molecule has 0 radical (unpaired) electrons. The van der Waals surface area contributed by atoms with Crippen molar-refractivity contribution in [3.8, 4) is 11.5 Å². The molecule has 8 nitrogen and oxygen atoms in total. The van der Waals surface area contributed by atoms with Crippen LogP contribution in [0.5, 0.6) is 11.5 Å². The molecule has 1 aliphatic rings. The number of pyridine rings is 1. The Morgan fingerprint density at radius 1 is 1.25 bits per heavy atom. The lowest BCUT2D eigenvalue weighted by atomic mass is 10.2. The van der Waals surface area contributed by atoms with E-state index in [1.54, 1.807) is 29.9 Å². The second-order valence-corrected chi connectivity index (χ2v) is 8.81. The number of aliphatic hydroxyl groups is 1. The number of benzene rings is 1. The van der Waals surface area contributed by atoms with Crippen LogP contribution in [0.1, 0.15) is 28.2 Å². The van der Waals surface area contributed by atoms with E-state index in [9.17, 15) is 14.7 Å². The molecule has 32 heavy (non-hydrogen) atoms. The number of hydrogen-bond acceptors (Lipinski definition) is 6. The first-order valence-electron chi connectivity index (χ1n) is 10.4. The molecule has 1 aromatic carbocycles. The molecule has 0 aliphatic carbocycles. The van der Waals surface area contributed by atoms with Crippen molar-refractivity contribution in [3.63, 3.8) is 0 Å². The van der Waals surface area contributed by atoms with E-state index in [4.69, 9.17) is 4.74 Å². The summed E-state index contributed by atoms with van der Waals surface area (Å²) in [5, 5.41) is 13.6. The minimum Gasteiger partial charge on any atom is -0.456 e. The number of aromatic nitrogens is 2. The Bertz CT molecular complexity index is 1360. The van der Waals surface area contributed by atoms with Crippen molar-refractivity contribution < 1.29 is 19.4 Å². The van der Waals surface area contributed by atoms with Gasteiger partial charge in [-0.2, -0.15) is 0 Å². The molecule has 1 unspecified atom stereocenters. The van der Waals surface area contributed by atoms with Crippen molar-refractivity contribution in [2.24, 2.45) is 0 Å². The van der Waals surface area contributed by atoms with Crippen LogP contribution in [0.3, 0.4) is 0 Å². The average Bonchev–Trinajstić information content (AvgIpc) is 3.49. The maximum absolute atomic E-state index is 12.8. The first-order valence-corrected chi connectivity index (χ1v) is 11.2. The number of hydrogen-bond donors (Lipinski definition) is 2. The normalized spacial score (nSPS) is 16.1. The standard InChI is InChI=1S/C23H22N4O4S/c1-13-10-14-11-15(5-6-17(14)27(13)23(30)24-2)31-18-7-8-25-16-12-19(32-21(16)18)22(29)26-9-3-4-20(26)28/h5-8,10-12,20,28H,3-4,9H2,1-2H3,(H,24,30). The van der Waals surface area contributed by atoms with Gasteiger partial charge in [-0.05, 0) is 50.1 Å². The van der Waals surface area contributed by atoms with Crippen LogP contribution >= 0.6 is 11.3 Å². The van der Waals surface area contributed by atoms with Gasteiger partial charge in [0.2, 0.25) is 0 Å². The molecule has 4 heterocycles. The summed E-state index contributed by atoms with van der Waals surface area (Å²) in [6.07, 6.45) is 2.32. The van der Waals surface area contributed by atoms with Crippen LogP contribution in [-0.2, 0) is 0 Å². The molecule has 164 valence electrons. The van der Waals surface area contributed by atoms with E-state index in [1.165, 1.54) is 16.2 Å². The highest BCUT2D eigenvalue weighted by Gasteiger charge is 2.29. The van der Waals surface area contributed by atoms with Gasteiger partial charge in [0.25, 0.3) is 5.91 Å². The molecule has 2 N–H and O–H groups in total. The number of aliphatic hydroxyl groups excluding tert-OH is 1. The number of nitrogens with zero attached hydrogens (tertiary/aromatic N) is 3. The highest BCUT2D eigenvalue weighted by Crippen LogP contribution is 2.37. The second kappa shape index (κ2) is 7.92. The molecule has 5 rings (SSSR count). The summed E-state index contributed by atoms with van der Waals surface area (Å²) in [5.41, 5.74) is 2.29. The maximum Gasteiger partial charge on any atom is 0.325 e. The zero-order valence-corrected chi connectivity index (χ0v) is 18.5. The van der Waals surface area contributed by atoms with Crippen LogP contribution in [0.25, 0.3) is 21.1 Å². The zero-order chi connectivity index (χ0) is 22.4. The number of thiophene rings is 1. The predicted octanol–water partition coefficient (Wildman–Crippen LogP) is 4.09. The molecule has 0 saturated carbocycles. The third-order valence-corrected chi connectivity index (χ3v) is 6.80. The molecule has 1 saturated heterocycles. The van der Waals surface area contributed by atoms with Crippen molar-refractivity contribution >= 4 is 44.4 Å². The number of fused-ring (bicyclic) bond motifs is 2. The third kappa shape index (κ3) is 3.39. The number of carbonyl (C=O) groups is 2. The van der Waals surface area contributed by atoms with Crippen molar-refractivity contribution in [2.45, 2.75) is 26.0 Å². The van der Waals surface area contributed by atoms with Gasteiger partial charge in [-0.15, -0.1) is 11.3 Å². The third-order valence-electron chi connectivity index (χ3n) is 5.67. The minimum atomic E-state index is -0.728. The van der Waals surface area contributed by atoms with Crippen LogP contribution in [0.15, 0.2) is 42.6 Å². The summed E-state index contributed by atoms with van der Waals surface area (Å²) in [6, 6.07) is 10.8. The highest BCUT2D eigenvalue weighted by molar-refractivity contribution is 7.21. The summed E-state index contributed by atoms with van der Waals surface area (Å²) in [5.74, 6) is 1.04. The summed E-state index contributed by atoms with van der Waals surface area (Å²) in [4.78, 5) is 31.4. The molecular formula is C23H22N4O4S. The van der Waals surface area contributed by atoms with Gasteiger partial charge in [0.1, 0.15) is 17.7 Å². The summed E-state index contributed by atoms with van der Waals surface area (Å²) in [7, 11) is 1.60. The summed E-state index contributed by atoms with van der Waals surface area (Å²) >= 11 is 1.31. The van der Waals surface area contributed by atoms with Crippen molar-refractivity contribution in [1.82, 2.24) is 19.8 Å². The molecule has 0 bridgehead atoms. The first-order chi connectivity index (χ1) is 15.5. The van der Waals surface area contributed by atoms with Crippen molar-refractivity contribution in [3.05, 3.63) is 53.2 Å². The SMILES string of the molecule is CNC(=O)n1c(C)cc2cc(Oc3ccnc4cc(C(=O)N5CCCC5O)sc34)ccc21. The van der Waals surface area contributed by atoms with Crippen molar-refractivity contribution in [1.29, 1.82) is 0 Å². The topological polar surface area (TPSA) is 96.7 Å². The van der Waals surface area contributed by atoms with E-state index in [1.807, 2.05) is 31.2 Å². The molecule has 9 heteroatoms. The van der Waals surface area contributed by atoms with Gasteiger partial charge in [-0.25, -0.2) is 4.79 Å². The van der Waals surface area contributed by atoms with Gasteiger partial charge >= 0.3 is 6.03 Å². The van der Waals surface area contributed by atoms with E-state index in [0.29, 0.717) is 34.9 Å². The van der Waals surface area contributed by atoms with E-state index < -0.39 is 6.23 Å². The fourth-order valence-electron chi connectivity index (χ4n) is 4.13. The lowest BCUT2D eigenvalue weighted by molar-refractivity contribution is 0.0297. The van der Waals surface area contributed by atoms with Gasteiger partial charge in [0, 0.05) is 36.9 Å². The van der Waals surface area contributed by atoms with Gasteiger partial charge in [0.15, 0.2) is 0 Å². The van der Waals surface area contributed by atoms with Gasteiger partial charge in [-0.3, -0.25) is 14.3 Å². The number of nitrogens with one attached hydrogen (secondary N) is 1. The molecular weight excluding hydrogens is 428 g/mol. The number of aryl methyl sites for hydroxylation is 1. The van der Waals surface area contributed by atoms with Crippen LogP contribution in [0.4, 0.5) is 4.79 Å². The number of amides is 2. The Kier molecular flexibility index (Phi) is 5.07. The second-order valence-electron chi connectivity index (χ2n) is 7.75. The lowest BCUT2D eigenvalue weighted by Gasteiger charge is -2.18.